The van der Waals surface area contributed by atoms with Crippen LogP contribution in [0, 0.1) is 6.92 Å². The fourth-order valence-corrected chi connectivity index (χ4v) is 2.80. The fraction of sp³-hybridized carbons (Fsp3) is 0.533. The zero-order valence-corrected chi connectivity index (χ0v) is 13.3. The van der Waals surface area contributed by atoms with Gasteiger partial charge in [0.05, 0.1) is 0 Å². The quantitative estimate of drug-likeness (QED) is 0.859. The van der Waals surface area contributed by atoms with E-state index < -0.39 is 6.43 Å². The summed E-state index contributed by atoms with van der Waals surface area (Å²) in [5.41, 5.74) is 1.43. The van der Waals surface area contributed by atoms with Crippen molar-refractivity contribution in [3.05, 3.63) is 35.4 Å². The van der Waals surface area contributed by atoms with Gasteiger partial charge in [0.2, 0.25) is 5.95 Å². The molecule has 1 saturated heterocycles. The first-order chi connectivity index (χ1) is 11.0. The smallest absolute Gasteiger partial charge is 0.282 e. The molecule has 0 radical (unpaired) electrons. The largest absolute Gasteiger partial charge is 0.338 e. The van der Waals surface area contributed by atoms with Gasteiger partial charge < -0.3 is 4.90 Å². The third-order valence-corrected chi connectivity index (χ3v) is 3.98. The number of hydrogen-bond acceptors (Lipinski definition) is 5. The molecular weight excluding hydrogens is 302 g/mol. The van der Waals surface area contributed by atoms with E-state index in [0.717, 1.165) is 37.8 Å². The maximum absolute atomic E-state index is 13.0. The van der Waals surface area contributed by atoms with Crippen LogP contribution in [0.1, 0.15) is 23.4 Å². The van der Waals surface area contributed by atoms with Gasteiger partial charge in [0.25, 0.3) is 6.43 Å². The standard InChI is InChI=1S/C15H20F2N6/c1-11-3-4-18-15(19-11)23-7-5-22(6-8-23)10-12-9-21(2)20-13(12)14(16)17/h3-4,9,14H,5-8,10H2,1-2H3. The molecule has 0 aromatic carbocycles. The molecule has 1 aliphatic rings. The highest BCUT2D eigenvalue weighted by Gasteiger charge is 2.23. The number of rotatable bonds is 4. The Morgan fingerprint density at radius 2 is 1.96 bits per heavy atom. The summed E-state index contributed by atoms with van der Waals surface area (Å²) in [7, 11) is 1.67. The van der Waals surface area contributed by atoms with Gasteiger partial charge >= 0.3 is 0 Å². The van der Waals surface area contributed by atoms with Crippen molar-refractivity contribution in [3.63, 3.8) is 0 Å². The van der Waals surface area contributed by atoms with Gasteiger partial charge in [0, 0.05) is 63.4 Å². The summed E-state index contributed by atoms with van der Waals surface area (Å²) < 4.78 is 27.4. The number of aromatic nitrogens is 4. The van der Waals surface area contributed by atoms with Crippen LogP contribution >= 0.6 is 0 Å². The lowest BCUT2D eigenvalue weighted by Crippen LogP contribution is -2.46. The molecule has 3 rings (SSSR count). The maximum Gasteiger partial charge on any atom is 0.282 e. The number of alkyl halides is 2. The number of piperazine rings is 1. The molecule has 3 heterocycles. The van der Waals surface area contributed by atoms with Crippen LogP contribution < -0.4 is 4.90 Å². The normalized spacial score (nSPS) is 16.3. The summed E-state index contributed by atoms with van der Waals surface area (Å²) in [6.07, 6.45) is 0.903. The van der Waals surface area contributed by atoms with Crippen LogP contribution in [0.3, 0.4) is 0 Å². The molecular formula is C15H20F2N6. The van der Waals surface area contributed by atoms with Crippen molar-refractivity contribution in [2.45, 2.75) is 19.9 Å². The van der Waals surface area contributed by atoms with Gasteiger partial charge in [-0.2, -0.15) is 5.10 Å². The predicted molar refractivity (Wildman–Crippen MR) is 82.4 cm³/mol. The number of hydrogen-bond donors (Lipinski definition) is 0. The Morgan fingerprint density at radius 3 is 2.61 bits per heavy atom. The van der Waals surface area contributed by atoms with Crippen molar-refractivity contribution in [1.29, 1.82) is 0 Å². The van der Waals surface area contributed by atoms with Crippen molar-refractivity contribution in [3.8, 4) is 0 Å². The fourth-order valence-electron chi connectivity index (χ4n) is 2.80. The molecule has 2 aromatic heterocycles. The zero-order chi connectivity index (χ0) is 16.4. The molecule has 0 N–H and O–H groups in total. The van der Waals surface area contributed by atoms with Crippen LogP contribution in [0.25, 0.3) is 0 Å². The Labute approximate surface area is 133 Å². The maximum atomic E-state index is 13.0. The SMILES string of the molecule is Cc1ccnc(N2CCN(Cc3cn(C)nc3C(F)F)CC2)n1. The Hall–Kier alpha value is -2.09. The van der Waals surface area contributed by atoms with E-state index in [-0.39, 0.29) is 5.69 Å². The first kappa shape index (κ1) is 15.8. The summed E-state index contributed by atoms with van der Waals surface area (Å²) in [6.45, 7) is 5.58. The first-order valence-electron chi connectivity index (χ1n) is 7.60. The van der Waals surface area contributed by atoms with E-state index in [1.807, 2.05) is 13.0 Å². The highest BCUT2D eigenvalue weighted by Crippen LogP contribution is 2.23. The van der Waals surface area contributed by atoms with Crippen LogP contribution in [-0.2, 0) is 13.6 Å². The van der Waals surface area contributed by atoms with Crippen LogP contribution in [0.2, 0.25) is 0 Å². The number of nitrogens with zero attached hydrogens (tertiary/aromatic N) is 6. The highest BCUT2D eigenvalue weighted by molar-refractivity contribution is 5.31. The van der Waals surface area contributed by atoms with E-state index in [9.17, 15) is 8.78 Å². The Balaban J connectivity index is 1.61. The van der Waals surface area contributed by atoms with Gasteiger partial charge in [-0.1, -0.05) is 0 Å². The van der Waals surface area contributed by atoms with E-state index in [4.69, 9.17) is 0 Å². The van der Waals surface area contributed by atoms with E-state index in [1.54, 1.807) is 19.4 Å². The molecule has 0 unspecified atom stereocenters. The summed E-state index contributed by atoms with van der Waals surface area (Å²) in [5, 5.41) is 3.86. The zero-order valence-electron chi connectivity index (χ0n) is 13.3. The van der Waals surface area contributed by atoms with Crippen molar-refractivity contribution < 1.29 is 8.78 Å². The second-order valence-electron chi connectivity index (χ2n) is 5.78. The van der Waals surface area contributed by atoms with Crippen molar-refractivity contribution >= 4 is 5.95 Å². The average Bonchev–Trinajstić information content (AvgIpc) is 2.89. The molecule has 0 amide bonds. The second-order valence-corrected chi connectivity index (χ2v) is 5.78. The lowest BCUT2D eigenvalue weighted by atomic mass is 10.2. The van der Waals surface area contributed by atoms with Gasteiger partial charge in [-0.3, -0.25) is 9.58 Å². The molecule has 2 aromatic rings. The van der Waals surface area contributed by atoms with Crippen molar-refractivity contribution in [2.24, 2.45) is 7.05 Å². The Bertz CT molecular complexity index is 664. The molecule has 23 heavy (non-hydrogen) atoms. The van der Waals surface area contributed by atoms with Gasteiger partial charge in [-0.25, -0.2) is 18.7 Å². The molecule has 0 atom stereocenters. The third-order valence-electron chi connectivity index (χ3n) is 3.98. The molecule has 1 aliphatic heterocycles. The molecule has 0 saturated carbocycles. The lowest BCUT2D eigenvalue weighted by molar-refractivity contribution is 0.142. The molecule has 6 nitrogen and oxygen atoms in total. The summed E-state index contributed by atoms with van der Waals surface area (Å²) in [5.74, 6) is 0.735. The Kier molecular flexibility index (Phi) is 4.51. The lowest BCUT2D eigenvalue weighted by Gasteiger charge is -2.34. The minimum Gasteiger partial charge on any atom is -0.338 e. The van der Waals surface area contributed by atoms with Crippen molar-refractivity contribution in [1.82, 2.24) is 24.6 Å². The minimum atomic E-state index is -2.53. The topological polar surface area (TPSA) is 50.1 Å². The van der Waals surface area contributed by atoms with Crippen LogP contribution in [0.15, 0.2) is 18.5 Å². The van der Waals surface area contributed by atoms with Gasteiger partial charge in [-0.15, -0.1) is 0 Å². The van der Waals surface area contributed by atoms with Gasteiger partial charge in [-0.05, 0) is 13.0 Å². The summed E-state index contributed by atoms with van der Waals surface area (Å²) in [4.78, 5) is 13.0. The molecule has 1 fully saturated rings. The summed E-state index contributed by atoms with van der Waals surface area (Å²) >= 11 is 0. The monoisotopic (exact) mass is 322 g/mol. The van der Waals surface area contributed by atoms with E-state index in [0.29, 0.717) is 12.1 Å². The van der Waals surface area contributed by atoms with E-state index >= 15 is 0 Å². The third kappa shape index (κ3) is 3.64. The van der Waals surface area contributed by atoms with Gasteiger partial charge in [0.1, 0.15) is 5.69 Å². The number of aryl methyl sites for hydroxylation is 2. The minimum absolute atomic E-state index is 0.114. The first-order valence-corrected chi connectivity index (χ1v) is 7.60. The van der Waals surface area contributed by atoms with Gasteiger partial charge in [0.15, 0.2) is 0 Å². The second kappa shape index (κ2) is 6.57. The Morgan fingerprint density at radius 1 is 1.22 bits per heavy atom. The van der Waals surface area contributed by atoms with Crippen LogP contribution in [0.4, 0.5) is 14.7 Å². The predicted octanol–water partition coefficient (Wildman–Crippen LogP) is 1.78. The number of anilines is 1. The van der Waals surface area contributed by atoms with Crippen LogP contribution in [0.5, 0.6) is 0 Å². The average molecular weight is 322 g/mol. The molecule has 0 aliphatic carbocycles. The molecule has 0 spiro atoms. The number of halogens is 2. The summed E-state index contributed by atoms with van der Waals surface area (Å²) in [6, 6.07) is 1.87. The van der Waals surface area contributed by atoms with E-state index in [1.165, 1.54) is 4.68 Å². The molecule has 8 heteroatoms. The van der Waals surface area contributed by atoms with Crippen LogP contribution in [-0.4, -0.2) is 50.8 Å². The molecule has 124 valence electrons. The molecule has 0 bridgehead atoms. The van der Waals surface area contributed by atoms with E-state index in [2.05, 4.69) is 24.9 Å². The van der Waals surface area contributed by atoms with Crippen molar-refractivity contribution in [2.75, 3.05) is 31.1 Å². The highest BCUT2D eigenvalue weighted by atomic mass is 19.3.